The number of rotatable bonds is 6. The van der Waals surface area contributed by atoms with Gasteiger partial charge in [-0.3, -0.25) is 0 Å². The molecule has 0 aliphatic rings. The number of halogens is 4. The van der Waals surface area contributed by atoms with Gasteiger partial charge in [0.25, 0.3) is 0 Å². The van der Waals surface area contributed by atoms with Crippen molar-refractivity contribution in [2.45, 2.75) is 51.7 Å². The number of ether oxygens (including phenoxy) is 1. The van der Waals surface area contributed by atoms with E-state index < -0.39 is 36.6 Å². The molecule has 0 spiro atoms. The highest BCUT2D eigenvalue weighted by Gasteiger charge is 2.40. The first kappa shape index (κ1) is 17.9. The van der Waals surface area contributed by atoms with Crippen LogP contribution in [-0.2, 0) is 4.74 Å². The molecule has 0 fully saturated rings. The topological polar surface area (TPSA) is 50.4 Å². The normalized spacial score (nSPS) is 14.4. The smallest absolute Gasteiger partial charge is 0.407 e. The van der Waals surface area contributed by atoms with Crippen molar-refractivity contribution in [2.24, 2.45) is 0 Å². The van der Waals surface area contributed by atoms with E-state index in [1.807, 2.05) is 0 Å². The first-order valence-electron chi connectivity index (χ1n) is 5.80. The first-order valence-corrected chi connectivity index (χ1v) is 5.80. The summed E-state index contributed by atoms with van der Waals surface area (Å²) >= 11 is 0. The van der Waals surface area contributed by atoms with Crippen molar-refractivity contribution in [2.75, 3.05) is 13.1 Å². The summed E-state index contributed by atoms with van der Waals surface area (Å²) < 4.78 is 53.9. The van der Waals surface area contributed by atoms with E-state index in [1.54, 1.807) is 20.8 Å². The van der Waals surface area contributed by atoms with E-state index in [0.717, 1.165) is 0 Å². The van der Waals surface area contributed by atoms with Gasteiger partial charge in [-0.1, -0.05) is 0 Å². The number of amides is 1. The zero-order valence-corrected chi connectivity index (χ0v) is 11.4. The Hall–Kier alpha value is -1.05. The standard InChI is InChI=1S/C11H20F4N2O2/c1-7(17-6-11(14,15)8(12)13)5-16-9(18)19-10(2,3)4/h7-8,17H,5-6H2,1-4H3,(H,16,18). The molecular formula is C11H20F4N2O2. The van der Waals surface area contributed by atoms with Crippen LogP contribution in [0, 0.1) is 0 Å². The molecule has 0 bridgehead atoms. The van der Waals surface area contributed by atoms with Gasteiger partial charge in [-0.2, -0.15) is 8.78 Å². The van der Waals surface area contributed by atoms with Gasteiger partial charge in [0, 0.05) is 12.6 Å². The average molecular weight is 288 g/mol. The second kappa shape index (κ2) is 6.93. The summed E-state index contributed by atoms with van der Waals surface area (Å²) in [4.78, 5) is 11.2. The van der Waals surface area contributed by atoms with Gasteiger partial charge in [-0.15, -0.1) is 0 Å². The van der Waals surface area contributed by atoms with Crippen LogP contribution in [0.1, 0.15) is 27.7 Å². The Labute approximate surface area is 109 Å². The highest BCUT2D eigenvalue weighted by atomic mass is 19.3. The predicted octanol–water partition coefficient (Wildman–Crippen LogP) is 2.39. The molecule has 114 valence electrons. The van der Waals surface area contributed by atoms with Crippen molar-refractivity contribution in [1.82, 2.24) is 10.6 Å². The van der Waals surface area contributed by atoms with Crippen LogP contribution < -0.4 is 10.6 Å². The molecule has 2 N–H and O–H groups in total. The van der Waals surface area contributed by atoms with Gasteiger partial charge in [-0.25, -0.2) is 13.6 Å². The third-order valence-electron chi connectivity index (χ3n) is 1.96. The van der Waals surface area contributed by atoms with E-state index in [0.29, 0.717) is 0 Å². The van der Waals surface area contributed by atoms with E-state index in [9.17, 15) is 22.4 Å². The summed E-state index contributed by atoms with van der Waals surface area (Å²) in [5.41, 5.74) is -0.663. The summed E-state index contributed by atoms with van der Waals surface area (Å²) in [5.74, 6) is -4.08. The predicted molar refractivity (Wildman–Crippen MR) is 62.7 cm³/mol. The first-order chi connectivity index (χ1) is 8.44. The average Bonchev–Trinajstić information content (AvgIpc) is 2.21. The third-order valence-corrected chi connectivity index (χ3v) is 1.96. The lowest BCUT2D eigenvalue weighted by atomic mass is 10.2. The van der Waals surface area contributed by atoms with Crippen LogP contribution >= 0.6 is 0 Å². The van der Waals surface area contributed by atoms with Gasteiger partial charge in [-0.05, 0) is 27.7 Å². The van der Waals surface area contributed by atoms with Crippen LogP contribution in [0.25, 0.3) is 0 Å². The zero-order chi connectivity index (χ0) is 15.3. The number of carbonyl (C=O) groups is 1. The van der Waals surface area contributed by atoms with Crippen molar-refractivity contribution >= 4 is 6.09 Å². The Kier molecular flexibility index (Phi) is 6.54. The van der Waals surface area contributed by atoms with Crippen LogP contribution in [0.5, 0.6) is 0 Å². The number of hydrogen-bond acceptors (Lipinski definition) is 3. The maximum absolute atomic E-state index is 12.6. The van der Waals surface area contributed by atoms with E-state index in [-0.39, 0.29) is 6.54 Å². The number of hydrogen-bond donors (Lipinski definition) is 2. The monoisotopic (exact) mass is 288 g/mol. The Morgan fingerprint density at radius 2 is 1.79 bits per heavy atom. The maximum Gasteiger partial charge on any atom is 0.407 e. The quantitative estimate of drug-likeness (QED) is 0.738. The zero-order valence-electron chi connectivity index (χ0n) is 11.4. The summed E-state index contributed by atoms with van der Waals surface area (Å²) in [7, 11) is 0. The van der Waals surface area contributed by atoms with Crippen molar-refractivity contribution in [1.29, 1.82) is 0 Å². The van der Waals surface area contributed by atoms with Crippen LogP contribution in [-0.4, -0.2) is 43.2 Å². The largest absolute Gasteiger partial charge is 0.444 e. The van der Waals surface area contributed by atoms with Gasteiger partial charge >= 0.3 is 18.4 Å². The summed E-state index contributed by atoms with van der Waals surface area (Å²) in [6.07, 6.45) is -4.41. The minimum atomic E-state index is -4.08. The Bertz CT molecular complexity index is 293. The molecular weight excluding hydrogens is 268 g/mol. The van der Waals surface area contributed by atoms with Crippen LogP contribution in [0.4, 0.5) is 22.4 Å². The number of carbonyl (C=O) groups excluding carboxylic acids is 1. The molecule has 1 unspecified atom stereocenters. The molecule has 0 rings (SSSR count). The fourth-order valence-electron chi connectivity index (χ4n) is 1.01. The van der Waals surface area contributed by atoms with E-state index >= 15 is 0 Å². The highest BCUT2D eigenvalue weighted by Crippen LogP contribution is 2.21. The molecule has 19 heavy (non-hydrogen) atoms. The number of nitrogens with one attached hydrogen (secondary N) is 2. The molecule has 0 aliphatic carbocycles. The van der Waals surface area contributed by atoms with Crippen LogP contribution in [0.2, 0.25) is 0 Å². The molecule has 0 aromatic carbocycles. The van der Waals surface area contributed by atoms with Crippen LogP contribution in [0.3, 0.4) is 0 Å². The SMILES string of the molecule is CC(CNC(=O)OC(C)(C)C)NCC(F)(F)C(F)F. The molecule has 0 radical (unpaired) electrons. The summed E-state index contributed by atoms with van der Waals surface area (Å²) in [5, 5.41) is 4.57. The molecule has 4 nitrogen and oxygen atoms in total. The van der Waals surface area contributed by atoms with Crippen molar-refractivity contribution in [3.63, 3.8) is 0 Å². The second-order valence-electron chi connectivity index (χ2n) is 5.23. The molecule has 0 aliphatic heterocycles. The molecule has 1 atom stereocenters. The minimum absolute atomic E-state index is 0.00572. The molecule has 8 heteroatoms. The molecule has 0 saturated carbocycles. The fraction of sp³-hybridized carbons (Fsp3) is 0.909. The summed E-state index contributed by atoms with van der Waals surface area (Å²) in [6, 6.07) is -0.586. The lowest BCUT2D eigenvalue weighted by Gasteiger charge is -2.22. The lowest BCUT2D eigenvalue weighted by Crippen LogP contribution is -2.46. The van der Waals surface area contributed by atoms with Crippen LogP contribution in [0.15, 0.2) is 0 Å². The molecule has 0 saturated heterocycles. The Morgan fingerprint density at radius 3 is 2.21 bits per heavy atom. The van der Waals surface area contributed by atoms with Gasteiger partial charge in [0.2, 0.25) is 0 Å². The van der Waals surface area contributed by atoms with Gasteiger partial charge < -0.3 is 15.4 Å². The second-order valence-corrected chi connectivity index (χ2v) is 5.23. The number of alkyl halides is 4. The molecule has 0 aromatic rings. The molecule has 0 heterocycles. The third kappa shape index (κ3) is 8.63. The van der Waals surface area contributed by atoms with E-state index in [1.165, 1.54) is 6.92 Å². The lowest BCUT2D eigenvalue weighted by molar-refractivity contribution is -0.126. The van der Waals surface area contributed by atoms with Crippen molar-refractivity contribution in [3.8, 4) is 0 Å². The van der Waals surface area contributed by atoms with Gasteiger partial charge in [0.15, 0.2) is 0 Å². The minimum Gasteiger partial charge on any atom is -0.444 e. The molecule has 0 aromatic heterocycles. The summed E-state index contributed by atoms with van der Waals surface area (Å²) in [6.45, 7) is 5.36. The number of alkyl carbamates (subject to hydrolysis) is 1. The molecule has 1 amide bonds. The van der Waals surface area contributed by atoms with E-state index in [4.69, 9.17) is 4.74 Å². The van der Waals surface area contributed by atoms with Crippen molar-refractivity contribution in [3.05, 3.63) is 0 Å². The van der Waals surface area contributed by atoms with Gasteiger partial charge in [0.1, 0.15) is 5.60 Å². The van der Waals surface area contributed by atoms with Crippen molar-refractivity contribution < 1.29 is 27.1 Å². The fourth-order valence-corrected chi connectivity index (χ4v) is 1.01. The van der Waals surface area contributed by atoms with E-state index in [2.05, 4.69) is 10.6 Å². The Morgan fingerprint density at radius 1 is 1.26 bits per heavy atom. The Balaban J connectivity index is 3.94. The highest BCUT2D eigenvalue weighted by molar-refractivity contribution is 5.67. The van der Waals surface area contributed by atoms with Gasteiger partial charge in [0.05, 0.1) is 6.54 Å². The maximum atomic E-state index is 12.6.